The second-order valence-corrected chi connectivity index (χ2v) is 8.68. The summed E-state index contributed by atoms with van der Waals surface area (Å²) in [5.74, 6) is 0.608. The van der Waals surface area contributed by atoms with Crippen molar-refractivity contribution in [2.45, 2.75) is 39.2 Å². The van der Waals surface area contributed by atoms with Crippen LogP contribution in [0.25, 0.3) is 21.1 Å². The highest BCUT2D eigenvalue weighted by Gasteiger charge is 2.18. The van der Waals surface area contributed by atoms with Gasteiger partial charge in [0.2, 0.25) is 0 Å². The number of hydrogen-bond acceptors (Lipinski definition) is 8. The Bertz CT molecular complexity index is 1060. The van der Waals surface area contributed by atoms with Crippen LogP contribution in [0.2, 0.25) is 0 Å². The van der Waals surface area contributed by atoms with E-state index >= 15 is 0 Å². The average Bonchev–Trinajstić information content (AvgIpc) is 3.51. The maximum atomic E-state index is 9.43. The van der Waals surface area contributed by atoms with Crippen LogP contribution in [0, 0.1) is 11.3 Å². The molecule has 1 aliphatic rings. The average molecular weight is 482 g/mol. The standard InChI is InChI=1S/C21H19N3OS.2C2H7N.CH2O/c1-13(2)25-19-10-9-15(11-16(19)12-22)20-23-24-21(26-20)18-8-4-6-14-5-3-7-17(14)18;2*1-3-2;1-2/h4,6,8-11,13H,3,5,7H2,1-2H3;2*3H,1-2H3;1H2. The highest BCUT2D eigenvalue weighted by atomic mass is 32.1. The van der Waals surface area contributed by atoms with E-state index < -0.39 is 0 Å². The third-order valence-electron chi connectivity index (χ3n) is 4.51. The van der Waals surface area contributed by atoms with Crippen molar-refractivity contribution in [1.82, 2.24) is 20.8 Å². The van der Waals surface area contributed by atoms with Crippen molar-refractivity contribution in [3.63, 3.8) is 0 Å². The molecule has 0 aliphatic heterocycles. The monoisotopic (exact) mass is 481 g/mol. The van der Waals surface area contributed by atoms with Gasteiger partial charge in [0.1, 0.15) is 28.6 Å². The normalized spacial score (nSPS) is 11.0. The summed E-state index contributed by atoms with van der Waals surface area (Å²) >= 11 is 1.57. The molecule has 0 atom stereocenters. The molecule has 1 aromatic heterocycles. The predicted molar refractivity (Wildman–Crippen MR) is 140 cm³/mol. The zero-order valence-electron chi connectivity index (χ0n) is 20.9. The molecule has 0 radical (unpaired) electrons. The summed E-state index contributed by atoms with van der Waals surface area (Å²) in [6.07, 6.45) is 3.50. The smallest absolute Gasteiger partial charge is 0.148 e. The molecule has 34 heavy (non-hydrogen) atoms. The van der Waals surface area contributed by atoms with Crippen molar-refractivity contribution in [2.75, 3.05) is 28.2 Å². The Labute approximate surface area is 207 Å². The molecule has 0 fully saturated rings. The van der Waals surface area contributed by atoms with Crippen LogP contribution in [-0.4, -0.2) is 51.3 Å². The molecule has 0 amide bonds. The fourth-order valence-corrected chi connectivity index (χ4v) is 4.27. The van der Waals surface area contributed by atoms with E-state index in [1.165, 1.54) is 23.1 Å². The van der Waals surface area contributed by atoms with Gasteiger partial charge in [-0.3, -0.25) is 0 Å². The van der Waals surface area contributed by atoms with Gasteiger partial charge in [-0.25, -0.2) is 0 Å². The second-order valence-electron chi connectivity index (χ2n) is 7.70. The number of aryl methyl sites for hydroxylation is 1. The van der Waals surface area contributed by atoms with Crippen LogP contribution >= 0.6 is 11.3 Å². The summed E-state index contributed by atoms with van der Waals surface area (Å²) in [4.78, 5) is 8.00. The Morgan fingerprint density at radius 3 is 2.29 bits per heavy atom. The SMILES string of the molecule is C=O.CC(C)Oc1ccc(-c2nnc(-c3cccc4c3CCC4)s2)cc1C#N.CNC.CNC. The Hall–Kier alpha value is -3.12. The maximum Gasteiger partial charge on any atom is 0.148 e. The van der Waals surface area contributed by atoms with Crippen molar-refractivity contribution in [1.29, 1.82) is 5.26 Å². The van der Waals surface area contributed by atoms with Gasteiger partial charge in [-0.2, -0.15) is 5.26 Å². The van der Waals surface area contributed by atoms with E-state index in [1.54, 1.807) is 11.3 Å². The first-order valence-electron chi connectivity index (χ1n) is 11.1. The summed E-state index contributed by atoms with van der Waals surface area (Å²) < 4.78 is 5.70. The Balaban J connectivity index is 0.000000643. The topological polar surface area (TPSA) is 99.9 Å². The quantitative estimate of drug-likeness (QED) is 0.566. The van der Waals surface area contributed by atoms with Crippen molar-refractivity contribution < 1.29 is 9.53 Å². The number of aromatic nitrogens is 2. The number of nitrogens with one attached hydrogen (secondary N) is 2. The number of benzene rings is 2. The van der Waals surface area contributed by atoms with Gasteiger partial charge in [-0.05, 0) is 90.6 Å². The lowest BCUT2D eigenvalue weighted by molar-refractivity contribution is -0.0979. The van der Waals surface area contributed by atoms with Crippen LogP contribution < -0.4 is 15.4 Å². The number of hydrogen-bond donors (Lipinski definition) is 2. The van der Waals surface area contributed by atoms with E-state index in [9.17, 15) is 5.26 Å². The van der Waals surface area contributed by atoms with Gasteiger partial charge in [-0.1, -0.05) is 29.5 Å². The second kappa shape index (κ2) is 15.7. The van der Waals surface area contributed by atoms with Gasteiger partial charge in [0, 0.05) is 11.1 Å². The third-order valence-corrected chi connectivity index (χ3v) is 5.52. The summed E-state index contributed by atoms with van der Waals surface area (Å²) in [6.45, 7) is 5.90. The highest BCUT2D eigenvalue weighted by molar-refractivity contribution is 7.17. The number of fused-ring (bicyclic) bond motifs is 1. The summed E-state index contributed by atoms with van der Waals surface area (Å²) in [7, 11) is 7.50. The molecule has 182 valence electrons. The molecule has 0 saturated heterocycles. The molecule has 0 unspecified atom stereocenters. The lowest BCUT2D eigenvalue weighted by Gasteiger charge is -2.11. The van der Waals surface area contributed by atoms with Crippen LogP contribution in [0.1, 0.15) is 37.0 Å². The molecule has 0 bridgehead atoms. The molecule has 2 aromatic carbocycles. The minimum Gasteiger partial charge on any atom is -0.490 e. The molecular weight excluding hydrogens is 446 g/mol. The van der Waals surface area contributed by atoms with Gasteiger partial charge >= 0.3 is 0 Å². The molecule has 7 nitrogen and oxygen atoms in total. The molecular formula is C26H35N5O2S. The van der Waals surface area contributed by atoms with Crippen molar-refractivity contribution in [2.24, 2.45) is 0 Å². The third kappa shape index (κ3) is 8.03. The molecule has 1 heterocycles. The van der Waals surface area contributed by atoms with E-state index in [2.05, 4.69) is 45.1 Å². The largest absolute Gasteiger partial charge is 0.490 e. The van der Waals surface area contributed by atoms with E-state index in [1.807, 2.05) is 67.0 Å². The van der Waals surface area contributed by atoms with Gasteiger partial charge in [0.05, 0.1) is 11.7 Å². The van der Waals surface area contributed by atoms with E-state index in [-0.39, 0.29) is 6.10 Å². The van der Waals surface area contributed by atoms with Gasteiger partial charge < -0.3 is 20.2 Å². The van der Waals surface area contributed by atoms with Gasteiger partial charge in [-0.15, -0.1) is 10.2 Å². The van der Waals surface area contributed by atoms with Crippen LogP contribution in [0.3, 0.4) is 0 Å². The fraction of sp³-hybridized carbons (Fsp3) is 0.385. The Morgan fingerprint density at radius 2 is 1.68 bits per heavy atom. The number of carbonyl (C=O) groups is 1. The molecule has 1 aliphatic carbocycles. The Kier molecular flexibility index (Phi) is 13.3. The fourth-order valence-electron chi connectivity index (χ4n) is 3.38. The highest BCUT2D eigenvalue weighted by Crippen LogP contribution is 2.37. The van der Waals surface area contributed by atoms with E-state index in [4.69, 9.17) is 9.53 Å². The molecule has 3 aromatic rings. The van der Waals surface area contributed by atoms with Crippen LogP contribution in [0.4, 0.5) is 0 Å². The molecule has 0 saturated carbocycles. The van der Waals surface area contributed by atoms with Gasteiger partial charge in [0.25, 0.3) is 0 Å². The number of nitrogens with zero attached hydrogens (tertiary/aromatic N) is 3. The lowest BCUT2D eigenvalue weighted by atomic mass is 10.0. The molecule has 0 spiro atoms. The first kappa shape index (κ1) is 28.9. The number of ether oxygens (including phenoxy) is 1. The summed E-state index contributed by atoms with van der Waals surface area (Å²) in [5.41, 5.74) is 5.46. The van der Waals surface area contributed by atoms with Crippen LogP contribution in [-0.2, 0) is 17.6 Å². The minimum atomic E-state index is 0.0289. The predicted octanol–water partition coefficient (Wildman–Crippen LogP) is 4.51. The maximum absolute atomic E-state index is 9.43. The van der Waals surface area contributed by atoms with Crippen LogP contribution in [0.15, 0.2) is 36.4 Å². The lowest BCUT2D eigenvalue weighted by Crippen LogP contribution is -2.06. The summed E-state index contributed by atoms with van der Waals surface area (Å²) in [5, 5.41) is 25.5. The number of nitriles is 1. The summed E-state index contributed by atoms with van der Waals surface area (Å²) in [6, 6.07) is 14.3. The molecule has 4 rings (SSSR count). The van der Waals surface area contributed by atoms with Crippen molar-refractivity contribution in [3.8, 4) is 33.0 Å². The minimum absolute atomic E-state index is 0.0289. The number of rotatable bonds is 4. The first-order chi connectivity index (χ1) is 16.5. The van der Waals surface area contributed by atoms with Crippen LogP contribution in [0.5, 0.6) is 5.75 Å². The van der Waals surface area contributed by atoms with Crippen molar-refractivity contribution >= 4 is 18.1 Å². The molecule has 2 N–H and O–H groups in total. The van der Waals surface area contributed by atoms with E-state index in [0.717, 1.165) is 28.4 Å². The first-order valence-corrected chi connectivity index (χ1v) is 11.9. The number of carbonyl (C=O) groups excluding carboxylic acids is 1. The van der Waals surface area contributed by atoms with E-state index in [0.29, 0.717) is 11.3 Å². The zero-order chi connectivity index (χ0) is 25.5. The molecule has 8 heteroatoms. The Morgan fingerprint density at radius 1 is 1.03 bits per heavy atom. The zero-order valence-corrected chi connectivity index (χ0v) is 21.8. The van der Waals surface area contributed by atoms with Gasteiger partial charge in [0.15, 0.2) is 0 Å². The van der Waals surface area contributed by atoms with Crippen molar-refractivity contribution in [3.05, 3.63) is 53.1 Å².